The Hall–Kier alpha value is -2.86. The number of benzene rings is 2. The Bertz CT molecular complexity index is 873. The van der Waals surface area contributed by atoms with Crippen LogP contribution in [0, 0.1) is 13.8 Å². The van der Waals surface area contributed by atoms with Gasteiger partial charge in [0.05, 0.1) is 12.6 Å². The molecule has 1 N–H and O–H groups in total. The Kier molecular flexibility index (Phi) is 7.11. The number of aryl methyl sites for hydroxylation is 2. The van der Waals surface area contributed by atoms with Crippen LogP contribution in [0.4, 0.5) is 11.4 Å². The quantitative estimate of drug-likeness (QED) is 0.799. The van der Waals surface area contributed by atoms with Gasteiger partial charge in [-0.05, 0) is 50.6 Å². The lowest BCUT2D eigenvalue weighted by molar-refractivity contribution is -0.137. The first-order valence-corrected chi connectivity index (χ1v) is 10.5. The van der Waals surface area contributed by atoms with Crippen molar-refractivity contribution in [2.45, 2.75) is 26.8 Å². The standard InChI is InChI=1S/C24H32N4O2/c1-18-8-10-21(11-9-18)25-23(29)17-26(4)24(30)20(3)27-12-14-28(15-13-27)22-7-5-6-19(2)16-22/h5-11,16,20H,12-15,17H2,1-4H3,(H,25,29). The fourth-order valence-corrected chi connectivity index (χ4v) is 3.80. The molecule has 2 amide bonds. The minimum absolute atomic E-state index is 0.0296. The van der Waals surface area contributed by atoms with E-state index in [0.717, 1.165) is 37.4 Å². The van der Waals surface area contributed by atoms with E-state index in [-0.39, 0.29) is 24.4 Å². The van der Waals surface area contributed by atoms with Gasteiger partial charge >= 0.3 is 0 Å². The van der Waals surface area contributed by atoms with Gasteiger partial charge in [0.2, 0.25) is 11.8 Å². The van der Waals surface area contributed by atoms with Crippen LogP contribution in [0.1, 0.15) is 18.1 Å². The fraction of sp³-hybridized carbons (Fsp3) is 0.417. The molecule has 0 spiro atoms. The van der Waals surface area contributed by atoms with Crippen molar-refractivity contribution in [1.29, 1.82) is 0 Å². The summed E-state index contributed by atoms with van der Waals surface area (Å²) in [4.78, 5) is 31.2. The fourth-order valence-electron chi connectivity index (χ4n) is 3.80. The summed E-state index contributed by atoms with van der Waals surface area (Å²) in [6.45, 7) is 9.50. The SMILES string of the molecule is Cc1ccc(NC(=O)CN(C)C(=O)C(C)N2CCN(c3cccc(C)c3)CC2)cc1. The van der Waals surface area contributed by atoms with Gasteiger partial charge < -0.3 is 15.1 Å². The van der Waals surface area contributed by atoms with Crippen molar-refractivity contribution in [1.82, 2.24) is 9.80 Å². The number of hydrogen-bond acceptors (Lipinski definition) is 4. The van der Waals surface area contributed by atoms with Gasteiger partial charge in [0.15, 0.2) is 0 Å². The van der Waals surface area contributed by atoms with Crippen molar-refractivity contribution >= 4 is 23.2 Å². The highest BCUT2D eigenvalue weighted by Crippen LogP contribution is 2.19. The van der Waals surface area contributed by atoms with E-state index in [1.54, 1.807) is 7.05 Å². The second-order valence-electron chi connectivity index (χ2n) is 8.15. The first kappa shape index (κ1) is 21.8. The van der Waals surface area contributed by atoms with E-state index in [2.05, 4.69) is 46.3 Å². The molecular formula is C24H32N4O2. The molecule has 1 atom stereocenters. The third-order valence-corrected chi connectivity index (χ3v) is 5.68. The molecule has 1 heterocycles. The van der Waals surface area contributed by atoms with Gasteiger partial charge in [0, 0.05) is 44.6 Å². The van der Waals surface area contributed by atoms with Crippen molar-refractivity contribution < 1.29 is 9.59 Å². The number of carbonyl (C=O) groups excluding carboxylic acids is 2. The zero-order valence-electron chi connectivity index (χ0n) is 18.4. The zero-order valence-corrected chi connectivity index (χ0v) is 18.4. The third-order valence-electron chi connectivity index (χ3n) is 5.68. The van der Waals surface area contributed by atoms with Crippen molar-refractivity contribution in [2.75, 3.05) is 50.0 Å². The Labute approximate surface area is 179 Å². The first-order valence-electron chi connectivity index (χ1n) is 10.5. The van der Waals surface area contributed by atoms with Gasteiger partial charge in [-0.15, -0.1) is 0 Å². The second-order valence-corrected chi connectivity index (χ2v) is 8.15. The van der Waals surface area contributed by atoms with Gasteiger partial charge in [-0.1, -0.05) is 29.8 Å². The first-order chi connectivity index (χ1) is 14.3. The van der Waals surface area contributed by atoms with E-state index in [9.17, 15) is 9.59 Å². The predicted octanol–water partition coefficient (Wildman–Crippen LogP) is 2.91. The molecule has 1 aliphatic rings. The van der Waals surface area contributed by atoms with Crippen LogP contribution in [0.5, 0.6) is 0 Å². The number of nitrogens with one attached hydrogen (secondary N) is 1. The normalized spacial score (nSPS) is 15.5. The number of rotatable bonds is 6. The highest BCUT2D eigenvalue weighted by molar-refractivity contribution is 5.95. The van der Waals surface area contributed by atoms with Crippen LogP contribution >= 0.6 is 0 Å². The number of carbonyl (C=O) groups is 2. The molecule has 30 heavy (non-hydrogen) atoms. The van der Waals surface area contributed by atoms with Crippen LogP contribution in [-0.4, -0.2) is 67.4 Å². The number of nitrogens with zero attached hydrogens (tertiary/aromatic N) is 3. The van der Waals surface area contributed by atoms with E-state index in [4.69, 9.17) is 0 Å². The summed E-state index contributed by atoms with van der Waals surface area (Å²) >= 11 is 0. The van der Waals surface area contributed by atoms with E-state index < -0.39 is 0 Å². The lowest BCUT2D eigenvalue weighted by atomic mass is 10.1. The van der Waals surface area contributed by atoms with E-state index in [0.29, 0.717) is 0 Å². The van der Waals surface area contributed by atoms with Gasteiger partial charge in [0.25, 0.3) is 0 Å². The Balaban J connectivity index is 1.48. The van der Waals surface area contributed by atoms with Crippen molar-refractivity contribution in [3.05, 3.63) is 59.7 Å². The van der Waals surface area contributed by atoms with E-state index in [1.807, 2.05) is 38.1 Å². The maximum Gasteiger partial charge on any atom is 0.243 e. The smallest absolute Gasteiger partial charge is 0.243 e. The summed E-state index contributed by atoms with van der Waals surface area (Å²) in [6.07, 6.45) is 0. The predicted molar refractivity (Wildman–Crippen MR) is 122 cm³/mol. The number of anilines is 2. The molecule has 1 aliphatic heterocycles. The molecule has 0 aliphatic carbocycles. The van der Waals surface area contributed by atoms with Gasteiger partial charge in [-0.2, -0.15) is 0 Å². The average molecular weight is 409 g/mol. The minimum Gasteiger partial charge on any atom is -0.369 e. The molecule has 2 aromatic carbocycles. The van der Waals surface area contributed by atoms with Gasteiger partial charge in [0.1, 0.15) is 0 Å². The molecule has 0 bridgehead atoms. The molecule has 1 fully saturated rings. The molecule has 6 heteroatoms. The molecule has 1 saturated heterocycles. The Morgan fingerprint density at radius 3 is 2.30 bits per heavy atom. The number of piperazine rings is 1. The van der Waals surface area contributed by atoms with Gasteiger partial charge in [-0.25, -0.2) is 0 Å². The summed E-state index contributed by atoms with van der Waals surface area (Å²) in [5.41, 5.74) is 4.37. The third kappa shape index (κ3) is 5.60. The molecule has 1 unspecified atom stereocenters. The maximum absolute atomic E-state index is 12.9. The Morgan fingerprint density at radius 1 is 1.00 bits per heavy atom. The summed E-state index contributed by atoms with van der Waals surface area (Å²) in [6, 6.07) is 15.9. The monoisotopic (exact) mass is 408 g/mol. The molecule has 0 radical (unpaired) electrons. The lowest BCUT2D eigenvalue weighted by Gasteiger charge is -2.39. The number of likely N-dealkylation sites (N-methyl/N-ethyl adjacent to an activating group) is 1. The zero-order chi connectivity index (χ0) is 21.7. The average Bonchev–Trinajstić information content (AvgIpc) is 2.74. The van der Waals surface area contributed by atoms with E-state index >= 15 is 0 Å². The second kappa shape index (κ2) is 9.76. The van der Waals surface area contributed by atoms with Crippen molar-refractivity contribution in [3.63, 3.8) is 0 Å². The Morgan fingerprint density at radius 2 is 1.67 bits per heavy atom. The van der Waals surface area contributed by atoms with Gasteiger partial charge in [-0.3, -0.25) is 14.5 Å². The summed E-state index contributed by atoms with van der Waals surface area (Å²) < 4.78 is 0. The van der Waals surface area contributed by atoms with Crippen LogP contribution in [-0.2, 0) is 9.59 Å². The van der Waals surface area contributed by atoms with Crippen LogP contribution in [0.3, 0.4) is 0 Å². The van der Waals surface area contributed by atoms with Crippen LogP contribution in [0.2, 0.25) is 0 Å². The molecule has 0 aromatic heterocycles. The summed E-state index contributed by atoms with van der Waals surface area (Å²) in [5, 5.41) is 2.85. The molecule has 6 nitrogen and oxygen atoms in total. The highest BCUT2D eigenvalue weighted by Gasteiger charge is 2.28. The van der Waals surface area contributed by atoms with Crippen molar-refractivity contribution in [2.24, 2.45) is 0 Å². The number of hydrogen-bond donors (Lipinski definition) is 1. The largest absolute Gasteiger partial charge is 0.369 e. The van der Waals surface area contributed by atoms with Crippen LogP contribution < -0.4 is 10.2 Å². The maximum atomic E-state index is 12.9. The molecule has 160 valence electrons. The molecular weight excluding hydrogens is 376 g/mol. The van der Waals surface area contributed by atoms with Crippen LogP contribution in [0.15, 0.2) is 48.5 Å². The minimum atomic E-state index is -0.248. The lowest BCUT2D eigenvalue weighted by Crippen LogP contribution is -2.54. The summed E-state index contributed by atoms with van der Waals surface area (Å²) in [5.74, 6) is -0.218. The topological polar surface area (TPSA) is 55.9 Å². The molecule has 3 rings (SSSR count). The molecule has 0 saturated carbocycles. The summed E-state index contributed by atoms with van der Waals surface area (Å²) in [7, 11) is 1.69. The van der Waals surface area contributed by atoms with E-state index in [1.165, 1.54) is 16.2 Å². The highest BCUT2D eigenvalue weighted by atomic mass is 16.2. The van der Waals surface area contributed by atoms with Crippen molar-refractivity contribution in [3.8, 4) is 0 Å². The number of amides is 2. The molecule has 2 aromatic rings. The van der Waals surface area contributed by atoms with Crippen LogP contribution in [0.25, 0.3) is 0 Å².